The molecular weight excluding hydrogens is 222 g/mol. The number of aromatic amines is 1. The van der Waals surface area contributed by atoms with Crippen LogP contribution >= 0.6 is 0 Å². The monoisotopic (exact) mass is 241 g/mol. The zero-order valence-electron chi connectivity index (χ0n) is 11.2. The second-order valence-corrected chi connectivity index (χ2v) is 5.65. The Kier molecular flexibility index (Phi) is 2.52. The second-order valence-electron chi connectivity index (χ2n) is 5.65. The number of nitrogens with zero attached hydrogens (tertiary/aromatic N) is 1. The molecule has 1 aromatic carbocycles. The average Bonchev–Trinajstić information content (AvgIpc) is 2.72. The van der Waals surface area contributed by atoms with Crippen LogP contribution in [0.2, 0.25) is 0 Å². The van der Waals surface area contributed by atoms with Crippen LogP contribution in [0.15, 0.2) is 24.3 Å². The molecule has 1 heterocycles. The van der Waals surface area contributed by atoms with Crippen molar-refractivity contribution in [3.8, 4) is 11.3 Å². The van der Waals surface area contributed by atoms with Gasteiger partial charge in [-0.25, -0.2) is 4.98 Å². The van der Waals surface area contributed by atoms with Gasteiger partial charge in [0.15, 0.2) is 0 Å². The van der Waals surface area contributed by atoms with E-state index >= 15 is 0 Å². The van der Waals surface area contributed by atoms with Gasteiger partial charge in [-0.3, -0.25) is 0 Å². The zero-order chi connectivity index (χ0) is 12.8. The third-order valence-corrected chi connectivity index (χ3v) is 3.70. The first kappa shape index (κ1) is 11.5. The Morgan fingerprint density at radius 3 is 2.89 bits per heavy atom. The van der Waals surface area contributed by atoms with Crippen molar-refractivity contribution in [1.29, 1.82) is 0 Å². The maximum absolute atomic E-state index is 4.73. The largest absolute Gasteiger partial charge is 0.344 e. The predicted molar refractivity (Wildman–Crippen MR) is 73.5 cm³/mol. The molecule has 0 radical (unpaired) electrons. The van der Waals surface area contributed by atoms with Crippen molar-refractivity contribution in [3.05, 3.63) is 41.3 Å². The molecule has 0 saturated carbocycles. The van der Waals surface area contributed by atoms with Gasteiger partial charge in [0.05, 0.1) is 12.2 Å². The Morgan fingerprint density at radius 1 is 1.33 bits per heavy atom. The molecule has 0 spiro atoms. The third kappa shape index (κ3) is 1.66. The van der Waals surface area contributed by atoms with E-state index in [-0.39, 0.29) is 5.41 Å². The molecule has 1 aliphatic carbocycles. The number of H-pyrrole nitrogens is 1. The molecule has 0 aliphatic heterocycles. The number of benzene rings is 1. The maximum atomic E-state index is 4.73. The van der Waals surface area contributed by atoms with Gasteiger partial charge in [0, 0.05) is 11.3 Å². The molecule has 18 heavy (non-hydrogen) atoms. The normalized spacial score (nSPS) is 16.2. The van der Waals surface area contributed by atoms with Crippen molar-refractivity contribution in [3.63, 3.8) is 0 Å². The summed E-state index contributed by atoms with van der Waals surface area (Å²) in [6, 6.07) is 8.62. The summed E-state index contributed by atoms with van der Waals surface area (Å²) in [5, 5.41) is 3.14. The zero-order valence-corrected chi connectivity index (χ0v) is 11.2. The Labute approximate surface area is 108 Å². The van der Waals surface area contributed by atoms with Crippen LogP contribution in [0.1, 0.15) is 30.9 Å². The molecule has 0 bridgehead atoms. The highest BCUT2D eigenvalue weighted by Gasteiger charge is 2.32. The first-order valence-electron chi connectivity index (χ1n) is 6.44. The van der Waals surface area contributed by atoms with Crippen molar-refractivity contribution in [2.45, 2.75) is 32.2 Å². The van der Waals surface area contributed by atoms with Crippen LogP contribution in [-0.4, -0.2) is 17.0 Å². The quantitative estimate of drug-likeness (QED) is 0.848. The van der Waals surface area contributed by atoms with Gasteiger partial charge >= 0.3 is 0 Å². The molecule has 0 unspecified atom stereocenters. The van der Waals surface area contributed by atoms with Crippen LogP contribution in [0, 0.1) is 0 Å². The minimum Gasteiger partial charge on any atom is -0.344 e. The standard InChI is InChI=1S/C15H19N3/c1-15(2)8-12-14(18-13(17-12)9-16-3)10-6-4-5-7-11(10)15/h4-7,16H,8-9H2,1-3H3,(H,17,18). The number of nitrogens with one attached hydrogen (secondary N) is 2. The van der Waals surface area contributed by atoms with Crippen molar-refractivity contribution < 1.29 is 0 Å². The van der Waals surface area contributed by atoms with E-state index in [0.717, 1.165) is 24.5 Å². The summed E-state index contributed by atoms with van der Waals surface area (Å²) in [6.45, 7) is 5.39. The molecule has 2 aromatic rings. The number of aromatic nitrogens is 2. The maximum Gasteiger partial charge on any atom is 0.121 e. The number of imidazole rings is 1. The second kappa shape index (κ2) is 3.95. The fourth-order valence-electron chi connectivity index (χ4n) is 2.88. The van der Waals surface area contributed by atoms with Crippen LogP contribution in [0.3, 0.4) is 0 Å². The van der Waals surface area contributed by atoms with Crippen molar-refractivity contribution in [2.24, 2.45) is 0 Å². The van der Waals surface area contributed by atoms with E-state index < -0.39 is 0 Å². The van der Waals surface area contributed by atoms with Crippen LogP contribution < -0.4 is 5.32 Å². The molecule has 3 rings (SSSR count). The highest BCUT2D eigenvalue weighted by atomic mass is 15.0. The summed E-state index contributed by atoms with van der Waals surface area (Å²) < 4.78 is 0. The van der Waals surface area contributed by atoms with Crippen molar-refractivity contribution in [1.82, 2.24) is 15.3 Å². The Bertz CT molecular complexity index is 581. The summed E-state index contributed by atoms with van der Waals surface area (Å²) in [7, 11) is 1.94. The molecule has 1 aromatic heterocycles. The molecule has 0 fully saturated rings. The lowest BCUT2D eigenvalue weighted by Crippen LogP contribution is -2.25. The molecule has 0 atom stereocenters. The van der Waals surface area contributed by atoms with E-state index in [4.69, 9.17) is 4.98 Å². The van der Waals surface area contributed by atoms with E-state index in [9.17, 15) is 0 Å². The average molecular weight is 241 g/mol. The fraction of sp³-hybridized carbons (Fsp3) is 0.400. The van der Waals surface area contributed by atoms with Gasteiger partial charge in [-0.15, -0.1) is 0 Å². The number of fused-ring (bicyclic) bond motifs is 3. The topological polar surface area (TPSA) is 40.7 Å². The summed E-state index contributed by atoms with van der Waals surface area (Å²) in [4.78, 5) is 8.19. The third-order valence-electron chi connectivity index (χ3n) is 3.70. The Hall–Kier alpha value is -1.61. The molecule has 0 saturated heterocycles. The Balaban J connectivity index is 2.17. The van der Waals surface area contributed by atoms with Gasteiger partial charge in [-0.05, 0) is 24.4 Å². The molecule has 3 nitrogen and oxygen atoms in total. The van der Waals surface area contributed by atoms with Crippen molar-refractivity contribution in [2.75, 3.05) is 7.05 Å². The van der Waals surface area contributed by atoms with E-state index in [1.54, 1.807) is 0 Å². The SMILES string of the molecule is CNCc1nc2c([nH]1)CC(C)(C)c1ccccc1-2. The van der Waals surface area contributed by atoms with Crippen LogP contribution in [0.5, 0.6) is 0 Å². The summed E-state index contributed by atoms with van der Waals surface area (Å²) in [5.41, 5.74) is 5.26. The van der Waals surface area contributed by atoms with Crippen LogP contribution in [0.4, 0.5) is 0 Å². The summed E-state index contributed by atoms with van der Waals surface area (Å²) in [6.07, 6.45) is 1.02. The molecule has 3 heteroatoms. The lowest BCUT2D eigenvalue weighted by molar-refractivity contribution is 0.510. The van der Waals surface area contributed by atoms with Gasteiger partial charge in [0.2, 0.25) is 0 Å². The summed E-state index contributed by atoms with van der Waals surface area (Å²) >= 11 is 0. The molecule has 2 N–H and O–H groups in total. The summed E-state index contributed by atoms with van der Waals surface area (Å²) in [5.74, 6) is 1.02. The van der Waals surface area contributed by atoms with Crippen LogP contribution in [0.25, 0.3) is 11.3 Å². The predicted octanol–water partition coefficient (Wildman–Crippen LogP) is 2.63. The van der Waals surface area contributed by atoms with Crippen molar-refractivity contribution >= 4 is 0 Å². The van der Waals surface area contributed by atoms with Gasteiger partial charge in [0.25, 0.3) is 0 Å². The Morgan fingerprint density at radius 2 is 2.11 bits per heavy atom. The molecule has 1 aliphatic rings. The lowest BCUT2D eigenvalue weighted by Gasteiger charge is -2.31. The first-order valence-corrected chi connectivity index (χ1v) is 6.44. The van der Waals surface area contributed by atoms with E-state index in [1.807, 2.05) is 7.05 Å². The first-order chi connectivity index (χ1) is 8.62. The number of hydrogen-bond donors (Lipinski definition) is 2. The minimum absolute atomic E-state index is 0.174. The van der Waals surface area contributed by atoms with Gasteiger partial charge in [-0.1, -0.05) is 38.1 Å². The highest BCUT2D eigenvalue weighted by molar-refractivity contribution is 5.70. The van der Waals surface area contributed by atoms with Gasteiger partial charge in [-0.2, -0.15) is 0 Å². The van der Waals surface area contributed by atoms with Crippen LogP contribution in [-0.2, 0) is 18.4 Å². The molecule has 0 amide bonds. The minimum atomic E-state index is 0.174. The van der Waals surface area contributed by atoms with E-state index in [0.29, 0.717) is 0 Å². The van der Waals surface area contributed by atoms with Gasteiger partial charge in [0.1, 0.15) is 5.82 Å². The highest BCUT2D eigenvalue weighted by Crippen LogP contribution is 2.41. The number of hydrogen-bond acceptors (Lipinski definition) is 2. The van der Waals surface area contributed by atoms with E-state index in [1.165, 1.54) is 16.8 Å². The van der Waals surface area contributed by atoms with Gasteiger partial charge < -0.3 is 10.3 Å². The smallest absolute Gasteiger partial charge is 0.121 e. The lowest BCUT2D eigenvalue weighted by atomic mass is 9.73. The molecular formula is C15H19N3. The number of rotatable bonds is 2. The fourth-order valence-corrected chi connectivity index (χ4v) is 2.88. The van der Waals surface area contributed by atoms with E-state index in [2.05, 4.69) is 48.4 Å². The molecule has 94 valence electrons.